The van der Waals surface area contributed by atoms with Gasteiger partial charge in [0.15, 0.2) is 0 Å². The maximum absolute atomic E-state index is 12.0. The standard InChI is InChI=1S/C14H22N2O2S/c1-4-18-14(17)12-10(3)16-19-13(12)15-11-7-5-6-9(2)8-11/h9,11,15H,4-8H2,1-3H3. The first-order valence-electron chi connectivity index (χ1n) is 7.01. The molecule has 1 aromatic heterocycles. The van der Waals surface area contributed by atoms with Gasteiger partial charge in [-0.1, -0.05) is 19.8 Å². The summed E-state index contributed by atoms with van der Waals surface area (Å²) in [5.41, 5.74) is 1.37. The van der Waals surface area contributed by atoms with Crippen molar-refractivity contribution < 1.29 is 9.53 Å². The van der Waals surface area contributed by atoms with E-state index in [0.717, 1.165) is 16.6 Å². The van der Waals surface area contributed by atoms with Crippen LogP contribution in [0.1, 0.15) is 55.6 Å². The summed E-state index contributed by atoms with van der Waals surface area (Å²) in [7, 11) is 0. The van der Waals surface area contributed by atoms with Crippen molar-refractivity contribution in [3.63, 3.8) is 0 Å². The van der Waals surface area contributed by atoms with Crippen LogP contribution < -0.4 is 5.32 Å². The van der Waals surface area contributed by atoms with Crippen LogP contribution in [0, 0.1) is 12.8 Å². The maximum Gasteiger partial charge on any atom is 0.343 e. The Balaban J connectivity index is 2.09. The molecular formula is C14H22N2O2S. The molecule has 1 fully saturated rings. The number of anilines is 1. The number of aromatic nitrogens is 1. The van der Waals surface area contributed by atoms with E-state index in [-0.39, 0.29) is 5.97 Å². The molecule has 0 aliphatic heterocycles. The number of carbonyl (C=O) groups excluding carboxylic acids is 1. The fraction of sp³-hybridized carbons (Fsp3) is 0.714. The van der Waals surface area contributed by atoms with Crippen molar-refractivity contribution >= 4 is 22.5 Å². The molecule has 0 spiro atoms. The molecule has 19 heavy (non-hydrogen) atoms. The van der Waals surface area contributed by atoms with Crippen molar-refractivity contribution in [3.05, 3.63) is 11.3 Å². The van der Waals surface area contributed by atoms with Crippen molar-refractivity contribution in [1.82, 2.24) is 4.37 Å². The first-order chi connectivity index (χ1) is 9.11. The summed E-state index contributed by atoms with van der Waals surface area (Å²) < 4.78 is 9.39. The number of rotatable bonds is 4. The Morgan fingerprint density at radius 1 is 1.53 bits per heavy atom. The van der Waals surface area contributed by atoms with Gasteiger partial charge in [0.2, 0.25) is 0 Å². The number of esters is 1. The van der Waals surface area contributed by atoms with Crippen molar-refractivity contribution in [2.45, 2.75) is 52.5 Å². The molecule has 1 heterocycles. The van der Waals surface area contributed by atoms with E-state index in [2.05, 4.69) is 16.6 Å². The molecule has 1 aromatic rings. The van der Waals surface area contributed by atoms with Gasteiger partial charge in [0, 0.05) is 6.04 Å². The lowest BCUT2D eigenvalue weighted by Gasteiger charge is -2.27. The summed E-state index contributed by atoms with van der Waals surface area (Å²) in [5, 5.41) is 4.37. The predicted molar refractivity (Wildman–Crippen MR) is 77.9 cm³/mol. The number of carbonyl (C=O) groups is 1. The molecule has 0 saturated heterocycles. The summed E-state index contributed by atoms with van der Waals surface area (Å²) >= 11 is 1.36. The van der Waals surface area contributed by atoms with Gasteiger partial charge in [0.1, 0.15) is 10.6 Å². The first kappa shape index (κ1) is 14.3. The third kappa shape index (κ3) is 3.47. The maximum atomic E-state index is 12.0. The molecule has 1 saturated carbocycles. The molecule has 106 valence electrons. The number of hydrogen-bond donors (Lipinski definition) is 1. The quantitative estimate of drug-likeness (QED) is 0.857. The minimum Gasteiger partial charge on any atom is -0.462 e. The van der Waals surface area contributed by atoms with E-state index in [9.17, 15) is 4.79 Å². The van der Waals surface area contributed by atoms with Crippen LogP contribution in [0.25, 0.3) is 0 Å². The van der Waals surface area contributed by atoms with Gasteiger partial charge in [-0.15, -0.1) is 0 Å². The third-order valence-electron chi connectivity index (χ3n) is 3.61. The van der Waals surface area contributed by atoms with Gasteiger partial charge in [-0.3, -0.25) is 0 Å². The highest BCUT2D eigenvalue weighted by Crippen LogP contribution is 2.31. The van der Waals surface area contributed by atoms with Crippen molar-refractivity contribution in [1.29, 1.82) is 0 Å². The molecule has 2 atom stereocenters. The zero-order chi connectivity index (χ0) is 13.8. The van der Waals surface area contributed by atoms with E-state index in [0.29, 0.717) is 18.2 Å². The fourth-order valence-corrected chi connectivity index (χ4v) is 3.52. The number of nitrogens with zero attached hydrogens (tertiary/aromatic N) is 1. The third-order valence-corrected chi connectivity index (χ3v) is 4.48. The second-order valence-corrected chi connectivity index (χ2v) is 6.08. The molecular weight excluding hydrogens is 260 g/mol. The van der Waals surface area contributed by atoms with Crippen LogP contribution in [0.3, 0.4) is 0 Å². The van der Waals surface area contributed by atoms with Crippen LogP contribution in [0.4, 0.5) is 5.00 Å². The van der Waals surface area contributed by atoms with Gasteiger partial charge < -0.3 is 10.1 Å². The molecule has 0 aromatic carbocycles. The SMILES string of the molecule is CCOC(=O)c1c(C)nsc1NC1CCCC(C)C1. The van der Waals surface area contributed by atoms with Gasteiger partial charge in [0.25, 0.3) is 0 Å². The molecule has 2 unspecified atom stereocenters. The van der Waals surface area contributed by atoms with Crippen molar-refractivity contribution in [2.75, 3.05) is 11.9 Å². The zero-order valence-corrected chi connectivity index (χ0v) is 12.7. The Morgan fingerprint density at radius 3 is 3.00 bits per heavy atom. The Bertz CT molecular complexity index is 445. The summed E-state index contributed by atoms with van der Waals surface area (Å²) in [6, 6.07) is 0.455. The normalized spacial score (nSPS) is 23.1. The lowest BCUT2D eigenvalue weighted by Crippen LogP contribution is -2.26. The van der Waals surface area contributed by atoms with E-state index in [4.69, 9.17) is 4.74 Å². The Hall–Kier alpha value is -1.10. The molecule has 5 heteroatoms. The van der Waals surface area contributed by atoms with Gasteiger partial charge in [-0.05, 0) is 44.1 Å². The van der Waals surface area contributed by atoms with Crippen LogP contribution in [0.2, 0.25) is 0 Å². The van der Waals surface area contributed by atoms with Crippen LogP contribution in [0.5, 0.6) is 0 Å². The monoisotopic (exact) mass is 282 g/mol. The molecule has 0 bridgehead atoms. The van der Waals surface area contributed by atoms with Crippen molar-refractivity contribution in [3.8, 4) is 0 Å². The molecule has 4 nitrogen and oxygen atoms in total. The second kappa shape index (κ2) is 6.37. The number of aryl methyl sites for hydroxylation is 1. The highest BCUT2D eigenvalue weighted by Gasteiger charge is 2.24. The lowest BCUT2D eigenvalue weighted by molar-refractivity contribution is 0.0527. The Kier molecular flexibility index (Phi) is 4.80. The van der Waals surface area contributed by atoms with E-state index in [1.807, 2.05) is 13.8 Å². The summed E-state index contributed by atoms with van der Waals surface area (Å²) in [5.74, 6) is 0.492. The molecule has 0 amide bonds. The fourth-order valence-electron chi connectivity index (χ4n) is 2.66. The number of nitrogens with one attached hydrogen (secondary N) is 1. The highest BCUT2D eigenvalue weighted by molar-refractivity contribution is 7.10. The predicted octanol–water partition coefficient (Wildman–Crippen LogP) is 3.62. The largest absolute Gasteiger partial charge is 0.462 e. The summed E-state index contributed by atoms with van der Waals surface area (Å²) in [6.07, 6.45) is 4.90. The first-order valence-corrected chi connectivity index (χ1v) is 7.79. The van der Waals surface area contributed by atoms with Crippen molar-refractivity contribution in [2.24, 2.45) is 5.92 Å². The summed E-state index contributed by atoms with van der Waals surface area (Å²) in [6.45, 7) is 6.37. The molecule has 0 radical (unpaired) electrons. The highest BCUT2D eigenvalue weighted by atomic mass is 32.1. The zero-order valence-electron chi connectivity index (χ0n) is 11.9. The Morgan fingerprint density at radius 2 is 2.32 bits per heavy atom. The Labute approximate surface area is 118 Å². The van der Waals surface area contributed by atoms with Crippen LogP contribution in [-0.4, -0.2) is 23.0 Å². The van der Waals surface area contributed by atoms with Gasteiger partial charge in [-0.25, -0.2) is 4.79 Å². The number of ether oxygens (including phenoxy) is 1. The molecule has 2 rings (SSSR count). The van der Waals surface area contributed by atoms with Crippen LogP contribution >= 0.6 is 11.5 Å². The summed E-state index contributed by atoms with van der Waals surface area (Å²) in [4.78, 5) is 12.0. The smallest absolute Gasteiger partial charge is 0.343 e. The minimum atomic E-state index is -0.264. The molecule has 1 aliphatic carbocycles. The number of hydrogen-bond acceptors (Lipinski definition) is 5. The van der Waals surface area contributed by atoms with E-state index in [1.165, 1.54) is 37.2 Å². The molecule has 1 N–H and O–H groups in total. The average molecular weight is 282 g/mol. The van der Waals surface area contributed by atoms with Crippen LogP contribution in [-0.2, 0) is 4.74 Å². The van der Waals surface area contributed by atoms with Crippen LogP contribution in [0.15, 0.2) is 0 Å². The lowest BCUT2D eigenvalue weighted by atomic mass is 9.87. The second-order valence-electron chi connectivity index (χ2n) is 5.31. The van der Waals surface area contributed by atoms with E-state index < -0.39 is 0 Å². The van der Waals surface area contributed by atoms with Gasteiger partial charge in [0.05, 0.1) is 12.3 Å². The van der Waals surface area contributed by atoms with E-state index in [1.54, 1.807) is 0 Å². The van der Waals surface area contributed by atoms with Gasteiger partial charge >= 0.3 is 5.97 Å². The minimum absolute atomic E-state index is 0.264. The topological polar surface area (TPSA) is 51.2 Å². The average Bonchev–Trinajstić information content (AvgIpc) is 2.71. The van der Waals surface area contributed by atoms with Gasteiger partial charge in [-0.2, -0.15) is 4.37 Å². The molecule has 1 aliphatic rings. The van der Waals surface area contributed by atoms with E-state index >= 15 is 0 Å².